The molecule has 4 aromatic rings. The van der Waals surface area contributed by atoms with Crippen molar-refractivity contribution in [1.29, 1.82) is 0 Å². The highest BCUT2D eigenvalue weighted by atomic mass is 32.2. The molecule has 1 atom stereocenters. The van der Waals surface area contributed by atoms with Crippen molar-refractivity contribution in [3.05, 3.63) is 58.9 Å². The second-order valence-electron chi connectivity index (χ2n) is 8.79. The molecule has 3 heterocycles. The van der Waals surface area contributed by atoms with Crippen LogP contribution in [0, 0.1) is 0 Å². The summed E-state index contributed by atoms with van der Waals surface area (Å²) in [6.45, 7) is 5.45. The zero-order valence-electron chi connectivity index (χ0n) is 20.1. The highest BCUT2D eigenvalue weighted by Crippen LogP contribution is 2.28. The molecule has 1 aliphatic heterocycles. The van der Waals surface area contributed by atoms with Crippen LogP contribution in [0.5, 0.6) is 5.75 Å². The number of nitrogens with zero attached hydrogens (tertiary/aromatic N) is 3. The lowest BCUT2D eigenvalue weighted by molar-refractivity contribution is -0.132. The van der Waals surface area contributed by atoms with Crippen LogP contribution in [0.1, 0.15) is 39.5 Å². The molecule has 2 aromatic heterocycles. The molecule has 8 heteroatoms. The van der Waals surface area contributed by atoms with Crippen molar-refractivity contribution in [3.63, 3.8) is 0 Å². The highest BCUT2D eigenvalue weighted by molar-refractivity contribution is 7.99. The van der Waals surface area contributed by atoms with Gasteiger partial charge in [0.05, 0.1) is 18.0 Å². The van der Waals surface area contributed by atoms with Crippen LogP contribution in [-0.2, 0) is 4.79 Å². The van der Waals surface area contributed by atoms with Crippen LogP contribution in [0.3, 0.4) is 0 Å². The molecule has 35 heavy (non-hydrogen) atoms. The number of fused-ring (bicyclic) bond motifs is 3. The van der Waals surface area contributed by atoms with E-state index in [1.54, 1.807) is 4.57 Å². The third-order valence-electron chi connectivity index (χ3n) is 6.64. The Morgan fingerprint density at radius 1 is 1.14 bits per heavy atom. The predicted octanol–water partition coefficient (Wildman–Crippen LogP) is 5.15. The van der Waals surface area contributed by atoms with Gasteiger partial charge in [-0.15, -0.1) is 0 Å². The average Bonchev–Trinajstić information content (AvgIpc) is 3.27. The minimum absolute atomic E-state index is 0.105. The van der Waals surface area contributed by atoms with Gasteiger partial charge < -0.3 is 14.6 Å². The van der Waals surface area contributed by atoms with Gasteiger partial charge in [0, 0.05) is 23.5 Å². The fraction of sp³-hybridized carbons (Fsp3) is 0.370. The molecule has 5 rings (SSSR count). The third-order valence-corrected chi connectivity index (χ3v) is 7.57. The van der Waals surface area contributed by atoms with E-state index in [-0.39, 0.29) is 17.2 Å². The number of likely N-dealkylation sites (tertiary alicyclic amines) is 1. The quantitative estimate of drug-likeness (QED) is 0.286. The number of hydrogen-bond donors (Lipinski definition) is 1. The van der Waals surface area contributed by atoms with Crippen molar-refractivity contribution in [3.8, 4) is 11.4 Å². The summed E-state index contributed by atoms with van der Waals surface area (Å²) in [5.74, 6) is 1.09. The molecule has 0 bridgehead atoms. The number of ether oxygens (including phenoxy) is 1. The van der Waals surface area contributed by atoms with Gasteiger partial charge in [-0.3, -0.25) is 14.2 Å². The first-order valence-electron chi connectivity index (χ1n) is 12.3. The van der Waals surface area contributed by atoms with E-state index in [1.165, 1.54) is 18.2 Å². The van der Waals surface area contributed by atoms with Gasteiger partial charge in [-0.25, -0.2) is 4.98 Å². The molecule has 1 fully saturated rings. The number of amides is 1. The van der Waals surface area contributed by atoms with E-state index < -0.39 is 0 Å². The Morgan fingerprint density at radius 3 is 2.71 bits per heavy atom. The lowest BCUT2D eigenvalue weighted by Crippen LogP contribution is -2.44. The van der Waals surface area contributed by atoms with Crippen LogP contribution in [0.4, 0.5) is 0 Å². The zero-order valence-corrected chi connectivity index (χ0v) is 20.9. The maximum atomic E-state index is 13.7. The molecule has 0 aliphatic carbocycles. The number of aromatic amines is 1. The van der Waals surface area contributed by atoms with Gasteiger partial charge in [0.2, 0.25) is 5.91 Å². The first kappa shape index (κ1) is 23.5. The summed E-state index contributed by atoms with van der Waals surface area (Å²) in [6.07, 6.45) is 4.24. The molecule has 1 aliphatic rings. The Hall–Kier alpha value is -3.26. The lowest BCUT2D eigenvalue weighted by Gasteiger charge is -2.35. The lowest BCUT2D eigenvalue weighted by atomic mass is 10.0. The summed E-state index contributed by atoms with van der Waals surface area (Å²) in [7, 11) is 0. The smallest absolute Gasteiger partial charge is 0.283 e. The Kier molecular flexibility index (Phi) is 6.81. The summed E-state index contributed by atoms with van der Waals surface area (Å²) in [4.78, 5) is 37.1. The van der Waals surface area contributed by atoms with E-state index >= 15 is 0 Å². The normalized spacial score (nSPS) is 16.2. The van der Waals surface area contributed by atoms with Crippen molar-refractivity contribution in [2.24, 2.45) is 0 Å². The van der Waals surface area contributed by atoms with Crippen molar-refractivity contribution in [2.75, 3.05) is 18.9 Å². The summed E-state index contributed by atoms with van der Waals surface area (Å²) < 4.78 is 7.17. The van der Waals surface area contributed by atoms with Gasteiger partial charge in [0.25, 0.3) is 5.56 Å². The number of carbonyl (C=O) groups is 1. The van der Waals surface area contributed by atoms with Crippen LogP contribution in [0.15, 0.2) is 58.5 Å². The third kappa shape index (κ3) is 4.55. The predicted molar refractivity (Wildman–Crippen MR) is 141 cm³/mol. The molecule has 182 valence electrons. The fourth-order valence-corrected chi connectivity index (χ4v) is 5.78. The maximum absolute atomic E-state index is 13.7. The summed E-state index contributed by atoms with van der Waals surface area (Å²) in [6, 6.07) is 15.5. The van der Waals surface area contributed by atoms with Crippen molar-refractivity contribution in [2.45, 2.75) is 50.7 Å². The van der Waals surface area contributed by atoms with Gasteiger partial charge in [-0.2, -0.15) is 0 Å². The minimum Gasteiger partial charge on any atom is -0.494 e. The monoisotopic (exact) mass is 490 g/mol. The first-order valence-corrected chi connectivity index (χ1v) is 13.3. The van der Waals surface area contributed by atoms with Crippen molar-refractivity contribution in [1.82, 2.24) is 19.4 Å². The molecule has 1 saturated heterocycles. The molecular formula is C27H30N4O3S. The Bertz CT molecular complexity index is 1410. The van der Waals surface area contributed by atoms with Crippen LogP contribution in [-0.4, -0.2) is 50.3 Å². The Labute approximate surface area is 208 Å². The molecule has 0 saturated carbocycles. The van der Waals surface area contributed by atoms with Crippen LogP contribution >= 0.6 is 11.8 Å². The summed E-state index contributed by atoms with van der Waals surface area (Å²) in [5.41, 5.74) is 2.45. The molecular weight excluding hydrogens is 460 g/mol. The number of H-pyrrole nitrogens is 1. The number of nitrogens with one attached hydrogen (secondary N) is 1. The number of thioether (sulfide) groups is 1. The zero-order chi connectivity index (χ0) is 24.4. The van der Waals surface area contributed by atoms with Gasteiger partial charge in [-0.05, 0) is 62.9 Å². The molecule has 0 radical (unpaired) electrons. The van der Waals surface area contributed by atoms with Crippen LogP contribution < -0.4 is 10.3 Å². The minimum atomic E-state index is -0.185. The molecule has 1 amide bonds. The van der Waals surface area contributed by atoms with Gasteiger partial charge in [0.1, 0.15) is 16.8 Å². The standard InChI is InChI=1S/C27H30N4O3S/c1-3-18-9-7-8-16-30(18)23(32)17-35-27-29-24-21-10-5-6-11-22(21)28-25(24)26(33)31(27)19-12-14-20(15-13-19)34-4-2/h5-6,10-15,18,28H,3-4,7-9,16-17H2,1-2H3/t18-/m0/s1. The number of piperidine rings is 1. The van der Waals surface area contributed by atoms with Crippen LogP contribution in [0.25, 0.3) is 27.6 Å². The van der Waals surface area contributed by atoms with E-state index in [2.05, 4.69) is 11.9 Å². The van der Waals surface area contributed by atoms with E-state index in [0.717, 1.165) is 42.5 Å². The molecule has 2 aromatic carbocycles. The van der Waals surface area contributed by atoms with Gasteiger partial charge in [-0.1, -0.05) is 36.9 Å². The second-order valence-corrected chi connectivity index (χ2v) is 9.73. The number of hydrogen-bond acceptors (Lipinski definition) is 5. The number of aromatic nitrogens is 3. The molecule has 7 nitrogen and oxygen atoms in total. The SMILES string of the molecule is CCOc1ccc(-n2c(SCC(=O)N3CCCC[C@@H]3CC)nc3c([nH]c4ccccc43)c2=O)cc1. The largest absolute Gasteiger partial charge is 0.494 e. The molecule has 0 unspecified atom stereocenters. The van der Waals surface area contributed by atoms with Gasteiger partial charge in [0.15, 0.2) is 5.16 Å². The fourth-order valence-electron chi connectivity index (χ4n) is 4.89. The van der Waals surface area contributed by atoms with Gasteiger partial charge >= 0.3 is 0 Å². The molecule has 0 spiro atoms. The van der Waals surface area contributed by atoms with E-state index in [4.69, 9.17) is 9.72 Å². The maximum Gasteiger partial charge on any atom is 0.283 e. The Morgan fingerprint density at radius 2 is 1.94 bits per heavy atom. The Balaban J connectivity index is 1.56. The number of rotatable bonds is 7. The molecule has 1 N–H and O–H groups in total. The highest BCUT2D eigenvalue weighted by Gasteiger charge is 2.26. The van der Waals surface area contributed by atoms with E-state index in [9.17, 15) is 9.59 Å². The van der Waals surface area contributed by atoms with E-state index in [0.29, 0.717) is 34.5 Å². The number of benzene rings is 2. The first-order chi connectivity index (χ1) is 17.1. The van der Waals surface area contributed by atoms with Crippen molar-refractivity contribution >= 4 is 39.6 Å². The average molecular weight is 491 g/mol. The van der Waals surface area contributed by atoms with Crippen LogP contribution in [0.2, 0.25) is 0 Å². The van der Waals surface area contributed by atoms with Crippen molar-refractivity contribution < 1.29 is 9.53 Å². The number of para-hydroxylation sites is 1. The second kappa shape index (κ2) is 10.2. The number of carbonyl (C=O) groups excluding carboxylic acids is 1. The summed E-state index contributed by atoms with van der Waals surface area (Å²) >= 11 is 1.33. The van der Waals surface area contributed by atoms with E-state index in [1.807, 2.05) is 60.4 Å². The topological polar surface area (TPSA) is 80.2 Å². The summed E-state index contributed by atoms with van der Waals surface area (Å²) in [5, 5.41) is 1.41.